The van der Waals surface area contributed by atoms with E-state index in [1.165, 1.54) is 6.07 Å². The van der Waals surface area contributed by atoms with Crippen molar-refractivity contribution in [2.24, 2.45) is 0 Å². The van der Waals surface area contributed by atoms with Crippen LogP contribution >= 0.6 is 0 Å². The molecule has 0 atom stereocenters. The molecule has 17 heavy (non-hydrogen) atoms. The first kappa shape index (κ1) is 13.9. The Kier molecular flexibility index (Phi) is 5.94. The molecule has 1 rings (SSSR count). The zero-order valence-electron chi connectivity index (χ0n) is 10.4. The number of hydrogen-bond acceptors (Lipinski definition) is 3. The summed E-state index contributed by atoms with van der Waals surface area (Å²) in [5.74, 6) is -0.252. The number of aliphatic hydroxyl groups excluding tert-OH is 1. The first-order valence-corrected chi connectivity index (χ1v) is 5.96. The Bertz CT molecular complexity index is 340. The number of aliphatic hydroxyl groups is 1. The van der Waals surface area contributed by atoms with E-state index >= 15 is 0 Å². The fourth-order valence-corrected chi connectivity index (χ4v) is 1.66. The predicted octanol–water partition coefficient (Wildman–Crippen LogP) is 2.04. The first-order chi connectivity index (χ1) is 8.22. The van der Waals surface area contributed by atoms with Gasteiger partial charge in [0.15, 0.2) is 11.6 Å². The Balaban J connectivity index is 2.56. The largest absolute Gasteiger partial charge is 0.489 e. The van der Waals surface area contributed by atoms with Crippen LogP contribution in [0.15, 0.2) is 18.2 Å². The molecule has 0 aliphatic carbocycles. The van der Waals surface area contributed by atoms with Gasteiger partial charge in [-0.05, 0) is 19.2 Å². The molecule has 1 aromatic rings. The number of halogens is 1. The zero-order valence-corrected chi connectivity index (χ0v) is 10.4. The Morgan fingerprint density at radius 3 is 2.59 bits per heavy atom. The van der Waals surface area contributed by atoms with E-state index in [4.69, 9.17) is 9.84 Å². The van der Waals surface area contributed by atoms with Crippen LogP contribution in [0.4, 0.5) is 4.39 Å². The number of hydrogen-bond donors (Lipinski definition) is 1. The minimum Gasteiger partial charge on any atom is -0.489 e. The van der Waals surface area contributed by atoms with E-state index in [9.17, 15) is 4.39 Å². The summed E-state index contributed by atoms with van der Waals surface area (Å²) in [7, 11) is 0. The standard InChI is InChI=1S/C13H20FNO2/c1-3-15(4-2)8-9-17-13-11(10-16)6-5-7-12(13)14/h5-7,16H,3-4,8-10H2,1-2H3. The molecule has 0 radical (unpaired) electrons. The van der Waals surface area contributed by atoms with Gasteiger partial charge in [0.05, 0.1) is 6.61 Å². The minimum atomic E-state index is -0.420. The van der Waals surface area contributed by atoms with E-state index in [0.717, 1.165) is 19.6 Å². The van der Waals surface area contributed by atoms with Crippen molar-refractivity contribution in [1.82, 2.24) is 4.90 Å². The van der Waals surface area contributed by atoms with Gasteiger partial charge in [-0.15, -0.1) is 0 Å². The van der Waals surface area contributed by atoms with E-state index in [0.29, 0.717) is 12.2 Å². The third-order valence-corrected chi connectivity index (χ3v) is 2.77. The smallest absolute Gasteiger partial charge is 0.165 e. The Labute approximate surface area is 102 Å². The summed E-state index contributed by atoms with van der Waals surface area (Å²) in [5, 5.41) is 9.09. The molecule has 0 bridgehead atoms. The molecule has 0 spiro atoms. The van der Waals surface area contributed by atoms with Crippen LogP contribution in [0.3, 0.4) is 0 Å². The lowest BCUT2D eigenvalue weighted by molar-refractivity contribution is 0.209. The van der Waals surface area contributed by atoms with Gasteiger partial charge in [-0.1, -0.05) is 26.0 Å². The van der Waals surface area contributed by atoms with E-state index in [1.54, 1.807) is 12.1 Å². The highest BCUT2D eigenvalue weighted by atomic mass is 19.1. The Morgan fingerprint density at radius 1 is 1.29 bits per heavy atom. The lowest BCUT2D eigenvalue weighted by Gasteiger charge is -2.18. The summed E-state index contributed by atoms with van der Waals surface area (Å²) in [4.78, 5) is 2.19. The molecule has 1 N–H and O–H groups in total. The molecule has 0 aliphatic rings. The quantitative estimate of drug-likeness (QED) is 0.793. The number of benzene rings is 1. The molecule has 0 fully saturated rings. The molecule has 0 aromatic heterocycles. The van der Waals surface area contributed by atoms with Crippen LogP contribution in [0.2, 0.25) is 0 Å². The third kappa shape index (κ3) is 3.98. The summed E-state index contributed by atoms with van der Waals surface area (Å²) in [6.45, 7) is 7.02. The molecule has 1 aromatic carbocycles. The van der Waals surface area contributed by atoms with Crippen molar-refractivity contribution in [1.29, 1.82) is 0 Å². The average Bonchev–Trinajstić information content (AvgIpc) is 2.36. The molecule has 3 nitrogen and oxygen atoms in total. The maximum atomic E-state index is 13.5. The number of likely N-dealkylation sites (N-methyl/N-ethyl adjacent to an activating group) is 1. The van der Waals surface area contributed by atoms with Crippen LogP contribution < -0.4 is 4.74 Å². The van der Waals surface area contributed by atoms with Crippen LogP contribution in [0, 0.1) is 5.82 Å². The van der Waals surface area contributed by atoms with E-state index < -0.39 is 5.82 Å². The van der Waals surface area contributed by atoms with Gasteiger partial charge in [0.1, 0.15) is 6.61 Å². The Hall–Kier alpha value is -1.13. The summed E-state index contributed by atoms with van der Waals surface area (Å²) in [6, 6.07) is 4.57. The topological polar surface area (TPSA) is 32.7 Å². The molecule has 4 heteroatoms. The van der Waals surface area contributed by atoms with Crippen molar-refractivity contribution in [3.05, 3.63) is 29.6 Å². The number of ether oxygens (including phenoxy) is 1. The summed E-state index contributed by atoms with van der Waals surface area (Å²) in [6.07, 6.45) is 0. The van der Waals surface area contributed by atoms with Gasteiger partial charge in [0.2, 0.25) is 0 Å². The second kappa shape index (κ2) is 7.25. The lowest BCUT2D eigenvalue weighted by Crippen LogP contribution is -2.28. The molecular weight excluding hydrogens is 221 g/mol. The van der Waals surface area contributed by atoms with Gasteiger partial charge >= 0.3 is 0 Å². The minimum absolute atomic E-state index is 0.169. The van der Waals surface area contributed by atoms with Crippen molar-refractivity contribution in [2.45, 2.75) is 20.5 Å². The van der Waals surface area contributed by atoms with E-state index in [1.807, 2.05) is 0 Å². The molecule has 0 saturated carbocycles. The fourth-order valence-electron chi connectivity index (χ4n) is 1.66. The van der Waals surface area contributed by atoms with Crippen LogP contribution in [-0.4, -0.2) is 36.2 Å². The lowest BCUT2D eigenvalue weighted by atomic mass is 10.2. The summed E-state index contributed by atoms with van der Waals surface area (Å²) < 4.78 is 18.9. The van der Waals surface area contributed by atoms with Gasteiger partial charge in [0, 0.05) is 12.1 Å². The molecule has 0 heterocycles. The van der Waals surface area contributed by atoms with Crippen molar-refractivity contribution in [2.75, 3.05) is 26.2 Å². The summed E-state index contributed by atoms with van der Waals surface area (Å²) >= 11 is 0. The first-order valence-electron chi connectivity index (χ1n) is 5.96. The maximum Gasteiger partial charge on any atom is 0.165 e. The molecule has 0 amide bonds. The summed E-state index contributed by atoms with van der Waals surface area (Å²) in [5.41, 5.74) is 0.490. The number of nitrogens with zero attached hydrogens (tertiary/aromatic N) is 1. The zero-order chi connectivity index (χ0) is 12.7. The van der Waals surface area contributed by atoms with Crippen molar-refractivity contribution in [3.63, 3.8) is 0 Å². The van der Waals surface area contributed by atoms with E-state index in [-0.39, 0.29) is 12.4 Å². The van der Waals surface area contributed by atoms with Gasteiger partial charge in [-0.25, -0.2) is 4.39 Å². The molecular formula is C13H20FNO2. The van der Waals surface area contributed by atoms with Crippen molar-refractivity contribution < 1.29 is 14.2 Å². The molecule has 0 unspecified atom stereocenters. The van der Waals surface area contributed by atoms with Gasteiger partial charge in [0.25, 0.3) is 0 Å². The molecule has 96 valence electrons. The second-order valence-corrected chi connectivity index (χ2v) is 3.76. The van der Waals surface area contributed by atoms with Crippen molar-refractivity contribution >= 4 is 0 Å². The monoisotopic (exact) mass is 241 g/mol. The van der Waals surface area contributed by atoms with Gasteiger partial charge in [-0.3, -0.25) is 0 Å². The highest BCUT2D eigenvalue weighted by molar-refractivity contribution is 5.34. The number of rotatable bonds is 7. The van der Waals surface area contributed by atoms with Crippen LogP contribution in [0.5, 0.6) is 5.75 Å². The Morgan fingerprint density at radius 2 is 2.00 bits per heavy atom. The van der Waals surface area contributed by atoms with Crippen LogP contribution in [0.25, 0.3) is 0 Å². The highest BCUT2D eigenvalue weighted by Crippen LogP contribution is 2.22. The normalized spacial score (nSPS) is 10.9. The second-order valence-electron chi connectivity index (χ2n) is 3.76. The van der Waals surface area contributed by atoms with E-state index in [2.05, 4.69) is 18.7 Å². The SMILES string of the molecule is CCN(CC)CCOc1c(F)cccc1CO. The fraction of sp³-hybridized carbons (Fsp3) is 0.538. The van der Waals surface area contributed by atoms with Crippen molar-refractivity contribution in [3.8, 4) is 5.75 Å². The van der Waals surface area contributed by atoms with Gasteiger partial charge < -0.3 is 14.7 Å². The third-order valence-electron chi connectivity index (χ3n) is 2.77. The van der Waals surface area contributed by atoms with Gasteiger partial charge in [-0.2, -0.15) is 0 Å². The highest BCUT2D eigenvalue weighted by Gasteiger charge is 2.09. The predicted molar refractivity (Wildman–Crippen MR) is 65.6 cm³/mol. The molecule has 0 saturated heterocycles. The molecule has 0 aliphatic heterocycles. The average molecular weight is 241 g/mol. The maximum absolute atomic E-state index is 13.5. The number of para-hydroxylation sites is 1. The van der Waals surface area contributed by atoms with Crippen LogP contribution in [0.1, 0.15) is 19.4 Å². The van der Waals surface area contributed by atoms with Crippen LogP contribution in [-0.2, 0) is 6.61 Å².